The molecule has 0 aromatic carbocycles. The highest BCUT2D eigenvalue weighted by Crippen LogP contribution is 2.32. The van der Waals surface area contributed by atoms with Crippen molar-refractivity contribution in [3.63, 3.8) is 0 Å². The number of ether oxygens (including phenoxy) is 1. The third-order valence-corrected chi connectivity index (χ3v) is 8.30. The predicted molar refractivity (Wildman–Crippen MR) is 113 cm³/mol. The molecule has 164 valence electrons. The number of likely N-dealkylation sites (tertiary alicyclic amines) is 1. The molecule has 0 spiro atoms. The van der Waals surface area contributed by atoms with E-state index in [4.69, 9.17) is 4.74 Å². The van der Waals surface area contributed by atoms with E-state index in [-0.39, 0.29) is 17.0 Å². The number of rotatable bonds is 11. The molecular formula is C21H36N4O3S. The molecule has 8 heteroatoms. The van der Waals surface area contributed by atoms with Crippen LogP contribution in [0.5, 0.6) is 0 Å². The molecule has 1 unspecified atom stereocenters. The van der Waals surface area contributed by atoms with Gasteiger partial charge in [-0.05, 0) is 64.1 Å². The van der Waals surface area contributed by atoms with Crippen LogP contribution in [0.15, 0.2) is 11.4 Å². The van der Waals surface area contributed by atoms with Gasteiger partial charge in [-0.25, -0.2) is 13.4 Å². The smallest absolute Gasteiger partial charge is 0.227 e. The molecule has 1 saturated carbocycles. The van der Waals surface area contributed by atoms with Gasteiger partial charge in [-0.2, -0.15) is 0 Å². The van der Waals surface area contributed by atoms with Crippen LogP contribution >= 0.6 is 0 Å². The standard InChI is InChI=1S/C21H36N4O3S/c1-2-23(11-12-24-9-3-4-10-24)15-19-14-22-21(29(26,27)17-18-7-8-18)25(19)16-20-6-5-13-28-20/h14,18,20H,2-13,15-17H2,1H3. The summed E-state index contributed by atoms with van der Waals surface area (Å²) in [7, 11) is -3.35. The summed E-state index contributed by atoms with van der Waals surface area (Å²) in [6, 6.07) is 0. The van der Waals surface area contributed by atoms with Gasteiger partial charge in [-0.3, -0.25) is 4.90 Å². The Hall–Kier alpha value is -0.960. The lowest BCUT2D eigenvalue weighted by Gasteiger charge is -2.25. The van der Waals surface area contributed by atoms with Crippen molar-refractivity contribution < 1.29 is 13.2 Å². The number of hydrogen-bond acceptors (Lipinski definition) is 6. The fourth-order valence-electron chi connectivity index (χ4n) is 4.49. The largest absolute Gasteiger partial charge is 0.376 e. The number of likely N-dealkylation sites (N-methyl/N-ethyl adjacent to an activating group) is 1. The number of nitrogens with zero attached hydrogens (tertiary/aromatic N) is 4. The normalized spacial score (nSPS) is 23.4. The first-order chi connectivity index (χ1) is 14.0. The molecular weight excluding hydrogens is 388 g/mol. The number of aromatic nitrogens is 2. The molecule has 1 aliphatic carbocycles. The van der Waals surface area contributed by atoms with Gasteiger partial charge in [0, 0.05) is 26.2 Å². The molecule has 1 aromatic heterocycles. The quantitative estimate of drug-likeness (QED) is 0.542. The highest BCUT2D eigenvalue weighted by atomic mass is 32.2. The minimum Gasteiger partial charge on any atom is -0.376 e. The van der Waals surface area contributed by atoms with E-state index < -0.39 is 9.84 Å². The van der Waals surface area contributed by atoms with E-state index in [2.05, 4.69) is 21.7 Å². The molecule has 2 aliphatic heterocycles. The lowest BCUT2D eigenvalue weighted by Crippen LogP contribution is -2.34. The summed E-state index contributed by atoms with van der Waals surface area (Å²) >= 11 is 0. The lowest BCUT2D eigenvalue weighted by molar-refractivity contribution is 0.0932. The van der Waals surface area contributed by atoms with Crippen molar-refractivity contribution in [1.82, 2.24) is 19.4 Å². The van der Waals surface area contributed by atoms with E-state index in [0.717, 1.165) is 64.2 Å². The second kappa shape index (κ2) is 9.45. The maximum absolute atomic E-state index is 13.0. The van der Waals surface area contributed by atoms with Crippen molar-refractivity contribution in [2.75, 3.05) is 45.1 Å². The molecule has 0 N–H and O–H groups in total. The van der Waals surface area contributed by atoms with Gasteiger partial charge in [0.05, 0.1) is 30.3 Å². The van der Waals surface area contributed by atoms with Crippen LogP contribution in [0.3, 0.4) is 0 Å². The third-order valence-electron chi connectivity index (χ3n) is 6.51. The van der Waals surface area contributed by atoms with E-state index in [1.54, 1.807) is 6.20 Å². The summed E-state index contributed by atoms with van der Waals surface area (Å²) < 4.78 is 33.8. The minimum absolute atomic E-state index is 0.0949. The molecule has 3 aliphatic rings. The first-order valence-electron chi connectivity index (χ1n) is 11.4. The number of hydrogen-bond donors (Lipinski definition) is 0. The van der Waals surface area contributed by atoms with Crippen LogP contribution < -0.4 is 0 Å². The Bertz CT molecular complexity index is 763. The summed E-state index contributed by atoms with van der Waals surface area (Å²) in [5.41, 5.74) is 0.998. The molecule has 7 nitrogen and oxygen atoms in total. The molecule has 0 bridgehead atoms. The Labute approximate surface area is 175 Å². The molecule has 2 saturated heterocycles. The van der Waals surface area contributed by atoms with E-state index in [9.17, 15) is 8.42 Å². The van der Waals surface area contributed by atoms with Gasteiger partial charge in [0.2, 0.25) is 15.0 Å². The van der Waals surface area contributed by atoms with Crippen molar-refractivity contribution in [2.24, 2.45) is 5.92 Å². The van der Waals surface area contributed by atoms with Crippen LogP contribution in [0.4, 0.5) is 0 Å². The van der Waals surface area contributed by atoms with Crippen LogP contribution in [-0.4, -0.2) is 79.0 Å². The predicted octanol–water partition coefficient (Wildman–Crippen LogP) is 2.16. The zero-order chi connectivity index (χ0) is 20.3. The van der Waals surface area contributed by atoms with Crippen molar-refractivity contribution in [3.8, 4) is 0 Å². The van der Waals surface area contributed by atoms with Crippen LogP contribution in [0.25, 0.3) is 0 Å². The van der Waals surface area contributed by atoms with Gasteiger partial charge in [0.15, 0.2) is 0 Å². The van der Waals surface area contributed by atoms with Crippen LogP contribution in [0.1, 0.15) is 51.1 Å². The van der Waals surface area contributed by atoms with E-state index in [0.29, 0.717) is 12.5 Å². The summed E-state index contributed by atoms with van der Waals surface area (Å²) in [6.07, 6.45) is 8.59. The molecule has 1 atom stereocenters. The van der Waals surface area contributed by atoms with Crippen molar-refractivity contribution in [3.05, 3.63) is 11.9 Å². The fraction of sp³-hybridized carbons (Fsp3) is 0.857. The van der Waals surface area contributed by atoms with Crippen LogP contribution in [-0.2, 0) is 27.7 Å². The molecule has 4 rings (SSSR count). The third kappa shape index (κ3) is 5.60. The number of imidazole rings is 1. The first-order valence-corrected chi connectivity index (χ1v) is 13.0. The molecule has 3 fully saturated rings. The maximum Gasteiger partial charge on any atom is 0.227 e. The average Bonchev–Trinajstić information content (AvgIpc) is 3.14. The summed E-state index contributed by atoms with van der Waals surface area (Å²) in [4.78, 5) is 9.35. The minimum atomic E-state index is -3.35. The first kappa shape index (κ1) is 21.3. The Balaban J connectivity index is 1.49. The zero-order valence-electron chi connectivity index (χ0n) is 17.8. The van der Waals surface area contributed by atoms with Gasteiger partial charge in [-0.1, -0.05) is 6.92 Å². The van der Waals surface area contributed by atoms with Gasteiger partial charge < -0.3 is 14.2 Å². The number of sulfone groups is 1. The van der Waals surface area contributed by atoms with E-state index in [1.807, 2.05) is 4.57 Å². The zero-order valence-corrected chi connectivity index (χ0v) is 18.6. The monoisotopic (exact) mass is 424 g/mol. The topological polar surface area (TPSA) is 67.7 Å². The van der Waals surface area contributed by atoms with E-state index >= 15 is 0 Å². The van der Waals surface area contributed by atoms with Crippen molar-refractivity contribution in [2.45, 2.75) is 69.8 Å². The molecule has 0 amide bonds. The second-order valence-corrected chi connectivity index (χ2v) is 10.8. The van der Waals surface area contributed by atoms with Gasteiger partial charge in [0.1, 0.15) is 0 Å². The highest BCUT2D eigenvalue weighted by molar-refractivity contribution is 7.91. The molecule has 3 heterocycles. The molecule has 0 radical (unpaired) electrons. The van der Waals surface area contributed by atoms with Crippen molar-refractivity contribution >= 4 is 9.84 Å². The fourth-order valence-corrected chi connectivity index (χ4v) is 6.33. The van der Waals surface area contributed by atoms with Crippen LogP contribution in [0.2, 0.25) is 0 Å². The van der Waals surface area contributed by atoms with Gasteiger partial charge in [-0.15, -0.1) is 0 Å². The highest BCUT2D eigenvalue weighted by Gasteiger charge is 2.33. The van der Waals surface area contributed by atoms with Crippen LogP contribution in [0, 0.1) is 5.92 Å². The van der Waals surface area contributed by atoms with Gasteiger partial charge in [0.25, 0.3) is 0 Å². The second-order valence-electron chi connectivity index (χ2n) is 8.92. The maximum atomic E-state index is 13.0. The Morgan fingerprint density at radius 1 is 1.21 bits per heavy atom. The Kier molecular flexibility index (Phi) is 6.94. The Morgan fingerprint density at radius 2 is 2.00 bits per heavy atom. The Morgan fingerprint density at radius 3 is 2.66 bits per heavy atom. The SMILES string of the molecule is CCN(CCN1CCCC1)Cc1cnc(S(=O)(=O)CC2CC2)n1CC1CCCO1. The average molecular weight is 425 g/mol. The summed E-state index contributed by atoms with van der Waals surface area (Å²) in [5.74, 6) is 0.561. The summed E-state index contributed by atoms with van der Waals surface area (Å²) in [6.45, 7) is 9.73. The lowest BCUT2D eigenvalue weighted by atomic mass is 10.2. The molecule has 1 aromatic rings. The van der Waals surface area contributed by atoms with Crippen molar-refractivity contribution in [1.29, 1.82) is 0 Å². The summed E-state index contributed by atoms with van der Waals surface area (Å²) in [5, 5.41) is 0.255. The van der Waals surface area contributed by atoms with Gasteiger partial charge >= 0.3 is 0 Å². The van der Waals surface area contributed by atoms with E-state index in [1.165, 1.54) is 25.9 Å². The molecule has 29 heavy (non-hydrogen) atoms.